The monoisotopic (exact) mass is 330 g/mol. The minimum atomic E-state index is -0.0279. The fraction of sp³-hybridized carbons (Fsp3) is 0.333. The van der Waals surface area contributed by atoms with Gasteiger partial charge in [0, 0.05) is 18.1 Å². The van der Waals surface area contributed by atoms with Crippen LogP contribution in [0.5, 0.6) is 5.75 Å². The van der Waals surface area contributed by atoms with Gasteiger partial charge in [-0.2, -0.15) is 5.10 Å². The number of hydrogen-bond acceptors (Lipinski definition) is 4. The normalized spacial score (nSPS) is 18.2. The number of carbonyl (C=O) groups excluding carboxylic acids is 1. The Labute approximate surface area is 141 Å². The number of benzene rings is 1. The van der Waals surface area contributed by atoms with Crippen LogP contribution in [0.1, 0.15) is 25.8 Å². The lowest BCUT2D eigenvalue weighted by Gasteiger charge is -2.17. The van der Waals surface area contributed by atoms with Gasteiger partial charge in [-0.1, -0.05) is 19.1 Å². The Morgan fingerprint density at radius 3 is 3.00 bits per heavy atom. The molecule has 1 unspecified atom stereocenters. The maximum Gasteiger partial charge on any atom is 0.240 e. The lowest BCUT2D eigenvalue weighted by molar-refractivity contribution is -0.121. The second-order valence-electron chi connectivity index (χ2n) is 5.47. The van der Waals surface area contributed by atoms with Crippen molar-refractivity contribution in [2.75, 3.05) is 12.9 Å². The molecule has 1 amide bonds. The van der Waals surface area contributed by atoms with Crippen LogP contribution in [0.3, 0.4) is 0 Å². The summed E-state index contributed by atoms with van der Waals surface area (Å²) in [6.45, 7) is 7.82. The number of rotatable bonds is 6. The molecule has 0 aliphatic carbocycles. The second kappa shape index (κ2) is 8.02. The van der Waals surface area contributed by atoms with E-state index in [4.69, 9.17) is 4.74 Å². The van der Waals surface area contributed by atoms with E-state index in [9.17, 15) is 4.79 Å². The molecule has 0 saturated heterocycles. The first-order chi connectivity index (χ1) is 11.0. The van der Waals surface area contributed by atoms with E-state index in [2.05, 4.69) is 30.1 Å². The molecule has 0 saturated carbocycles. The number of amides is 1. The number of methoxy groups -OCH3 is 1. The Hall–Kier alpha value is -2.01. The Bertz CT molecular complexity index is 665. The fourth-order valence-electron chi connectivity index (χ4n) is 2.33. The summed E-state index contributed by atoms with van der Waals surface area (Å²) in [5.74, 6) is 1.80. The summed E-state index contributed by atoms with van der Waals surface area (Å²) in [5.41, 5.74) is 5.67. The highest BCUT2D eigenvalue weighted by atomic mass is 32.2. The van der Waals surface area contributed by atoms with Gasteiger partial charge in [-0.3, -0.25) is 4.79 Å². The highest BCUT2D eigenvalue weighted by Gasteiger charge is 2.18. The molecule has 5 heteroatoms. The van der Waals surface area contributed by atoms with Gasteiger partial charge < -0.3 is 4.74 Å². The molecule has 2 rings (SSSR count). The number of ether oxygens (including phenoxy) is 1. The lowest BCUT2D eigenvalue weighted by atomic mass is 9.96. The summed E-state index contributed by atoms with van der Waals surface area (Å²) in [7, 11) is 1.68. The molecule has 1 heterocycles. The second-order valence-corrected chi connectivity index (χ2v) is 6.53. The van der Waals surface area contributed by atoms with E-state index in [1.54, 1.807) is 18.9 Å². The molecule has 1 aliphatic heterocycles. The van der Waals surface area contributed by atoms with Crippen LogP contribution in [-0.2, 0) is 4.79 Å². The molecule has 122 valence electrons. The fourth-order valence-corrected chi connectivity index (χ4v) is 3.13. The van der Waals surface area contributed by atoms with Crippen molar-refractivity contribution in [2.45, 2.75) is 25.2 Å². The van der Waals surface area contributed by atoms with Crippen LogP contribution in [0.4, 0.5) is 0 Å². The third-order valence-corrected chi connectivity index (χ3v) is 4.68. The van der Waals surface area contributed by atoms with Gasteiger partial charge in [-0.15, -0.1) is 18.3 Å². The molecule has 0 radical (unpaired) electrons. The summed E-state index contributed by atoms with van der Waals surface area (Å²) in [6, 6.07) is 6.13. The Morgan fingerprint density at radius 2 is 2.35 bits per heavy atom. The number of nitrogens with zero attached hydrogens (tertiary/aromatic N) is 1. The first-order valence-corrected chi connectivity index (χ1v) is 8.50. The maximum absolute atomic E-state index is 11.3. The molecular weight excluding hydrogens is 308 g/mol. The van der Waals surface area contributed by atoms with E-state index in [0.29, 0.717) is 6.42 Å². The van der Waals surface area contributed by atoms with Gasteiger partial charge in [-0.25, -0.2) is 5.43 Å². The van der Waals surface area contributed by atoms with Crippen LogP contribution in [0.2, 0.25) is 0 Å². The van der Waals surface area contributed by atoms with Crippen LogP contribution in [0.25, 0.3) is 5.57 Å². The van der Waals surface area contributed by atoms with E-state index >= 15 is 0 Å². The molecule has 0 spiro atoms. The maximum atomic E-state index is 11.3. The van der Waals surface area contributed by atoms with Gasteiger partial charge in [0.05, 0.1) is 17.7 Å². The first-order valence-electron chi connectivity index (χ1n) is 7.52. The molecule has 1 aliphatic rings. The molecule has 23 heavy (non-hydrogen) atoms. The van der Waals surface area contributed by atoms with Crippen molar-refractivity contribution in [1.82, 2.24) is 5.43 Å². The average Bonchev–Trinajstić information content (AvgIpc) is 2.55. The van der Waals surface area contributed by atoms with Crippen molar-refractivity contribution in [3.05, 3.63) is 42.5 Å². The number of hydrogen-bond donors (Lipinski definition) is 1. The van der Waals surface area contributed by atoms with E-state index in [1.165, 1.54) is 0 Å². The zero-order chi connectivity index (χ0) is 16.8. The van der Waals surface area contributed by atoms with Gasteiger partial charge in [0.15, 0.2) is 0 Å². The molecule has 1 aromatic rings. The SMILES string of the molecule is C=CCSc1cc(C(C)=CC2=NNC(=O)CC2C)ccc1OC. The Kier molecular flexibility index (Phi) is 6.04. The number of allylic oxidation sites excluding steroid dienone is 2. The van der Waals surface area contributed by atoms with Crippen LogP contribution < -0.4 is 10.2 Å². The summed E-state index contributed by atoms with van der Waals surface area (Å²) in [6.07, 6.45) is 4.39. The van der Waals surface area contributed by atoms with Gasteiger partial charge >= 0.3 is 0 Å². The highest BCUT2D eigenvalue weighted by molar-refractivity contribution is 7.99. The van der Waals surface area contributed by atoms with E-state index in [1.807, 2.05) is 31.2 Å². The third-order valence-electron chi connectivity index (χ3n) is 3.65. The molecule has 0 aromatic heterocycles. The van der Waals surface area contributed by atoms with Crippen LogP contribution in [0, 0.1) is 5.92 Å². The van der Waals surface area contributed by atoms with Crippen molar-refractivity contribution in [3.63, 3.8) is 0 Å². The summed E-state index contributed by atoms with van der Waals surface area (Å²) in [4.78, 5) is 12.4. The first kappa shape index (κ1) is 17.3. The molecule has 0 fully saturated rings. The summed E-state index contributed by atoms with van der Waals surface area (Å²) < 4.78 is 5.41. The third kappa shape index (κ3) is 4.48. The zero-order valence-electron chi connectivity index (χ0n) is 13.8. The van der Waals surface area contributed by atoms with Crippen molar-refractivity contribution in [3.8, 4) is 5.75 Å². The summed E-state index contributed by atoms with van der Waals surface area (Å²) >= 11 is 1.69. The minimum Gasteiger partial charge on any atom is -0.496 e. The number of carbonyl (C=O) groups is 1. The predicted octanol–water partition coefficient (Wildman–Crippen LogP) is 3.89. The van der Waals surface area contributed by atoms with Crippen molar-refractivity contribution >= 4 is 29.0 Å². The average molecular weight is 330 g/mol. The number of thioether (sulfide) groups is 1. The minimum absolute atomic E-state index is 0.0279. The quantitative estimate of drug-likeness (QED) is 0.636. The molecular formula is C18H22N2O2S. The molecule has 0 bridgehead atoms. The van der Waals surface area contributed by atoms with Crippen molar-refractivity contribution < 1.29 is 9.53 Å². The van der Waals surface area contributed by atoms with Crippen molar-refractivity contribution in [1.29, 1.82) is 0 Å². The topological polar surface area (TPSA) is 50.7 Å². The van der Waals surface area contributed by atoms with Crippen LogP contribution in [-0.4, -0.2) is 24.5 Å². The zero-order valence-corrected chi connectivity index (χ0v) is 14.6. The summed E-state index contributed by atoms with van der Waals surface area (Å²) in [5, 5.41) is 4.16. The smallest absolute Gasteiger partial charge is 0.240 e. The number of hydrazone groups is 1. The van der Waals surface area contributed by atoms with Gasteiger partial charge in [0.2, 0.25) is 5.91 Å². The lowest BCUT2D eigenvalue weighted by Crippen LogP contribution is -2.30. The van der Waals surface area contributed by atoms with E-state index in [0.717, 1.165) is 33.2 Å². The molecule has 1 aromatic carbocycles. The van der Waals surface area contributed by atoms with Crippen molar-refractivity contribution in [2.24, 2.45) is 11.0 Å². The van der Waals surface area contributed by atoms with Gasteiger partial charge in [0.25, 0.3) is 0 Å². The van der Waals surface area contributed by atoms with E-state index in [-0.39, 0.29) is 11.8 Å². The Morgan fingerprint density at radius 1 is 1.57 bits per heavy atom. The predicted molar refractivity (Wildman–Crippen MR) is 96.9 cm³/mol. The van der Waals surface area contributed by atoms with Crippen LogP contribution in [0.15, 0.2) is 46.9 Å². The highest BCUT2D eigenvalue weighted by Crippen LogP contribution is 2.32. The van der Waals surface area contributed by atoms with Crippen LogP contribution >= 0.6 is 11.8 Å². The molecule has 1 N–H and O–H groups in total. The largest absolute Gasteiger partial charge is 0.496 e. The standard InChI is InChI=1S/C18H22N2O2S/c1-5-8-23-17-11-14(6-7-16(17)22-4)12(2)9-15-13(3)10-18(21)20-19-15/h5-7,9,11,13H,1,8,10H2,2-4H3,(H,20,21). The Balaban J connectivity index is 2.28. The van der Waals surface area contributed by atoms with Gasteiger partial charge in [-0.05, 0) is 36.3 Å². The van der Waals surface area contributed by atoms with Gasteiger partial charge in [0.1, 0.15) is 5.75 Å². The van der Waals surface area contributed by atoms with E-state index < -0.39 is 0 Å². The number of nitrogens with one attached hydrogen (secondary N) is 1. The molecule has 4 nitrogen and oxygen atoms in total. The molecule has 1 atom stereocenters.